The molecule has 0 atom stereocenters. The van der Waals surface area contributed by atoms with Gasteiger partial charge >= 0.3 is 0 Å². The number of anilines is 1. The Morgan fingerprint density at radius 2 is 2.13 bits per heavy atom. The van der Waals surface area contributed by atoms with Gasteiger partial charge in [-0.2, -0.15) is 0 Å². The van der Waals surface area contributed by atoms with Crippen LogP contribution in [0.1, 0.15) is 10.4 Å². The van der Waals surface area contributed by atoms with Gasteiger partial charge in [0.2, 0.25) is 0 Å². The molecule has 5 heteroatoms. The zero-order chi connectivity index (χ0) is 11.4. The summed E-state index contributed by atoms with van der Waals surface area (Å²) < 4.78 is 36.9. The van der Waals surface area contributed by atoms with Crippen molar-refractivity contribution in [2.45, 2.75) is 6.43 Å². The molecule has 0 heterocycles. The minimum atomic E-state index is -2.50. The summed E-state index contributed by atoms with van der Waals surface area (Å²) >= 11 is 0. The molecule has 0 amide bonds. The topological polar surface area (TPSA) is 20.3 Å². The first kappa shape index (κ1) is 11.6. The number of benzene rings is 1. The van der Waals surface area contributed by atoms with E-state index in [0.29, 0.717) is 12.0 Å². The van der Waals surface area contributed by atoms with Crippen molar-refractivity contribution in [3.63, 3.8) is 0 Å². The molecule has 1 aromatic rings. The smallest absolute Gasteiger partial charge is 0.255 e. The lowest BCUT2D eigenvalue weighted by molar-refractivity contribution is 0.112. The second-order valence-corrected chi connectivity index (χ2v) is 3.09. The molecule has 1 aromatic carbocycles. The Morgan fingerprint density at radius 1 is 1.47 bits per heavy atom. The quantitative estimate of drug-likeness (QED) is 0.721. The summed E-state index contributed by atoms with van der Waals surface area (Å²) in [6.45, 7) is -0.494. The zero-order valence-corrected chi connectivity index (χ0v) is 8.08. The van der Waals surface area contributed by atoms with E-state index in [0.717, 1.165) is 12.1 Å². The first-order valence-corrected chi connectivity index (χ1v) is 4.28. The fourth-order valence-electron chi connectivity index (χ4n) is 1.27. The molecular formula is C10H10F3NO. The van der Waals surface area contributed by atoms with Gasteiger partial charge in [-0.25, -0.2) is 13.2 Å². The van der Waals surface area contributed by atoms with Gasteiger partial charge in [0, 0.05) is 18.3 Å². The van der Waals surface area contributed by atoms with Gasteiger partial charge < -0.3 is 4.90 Å². The normalized spacial score (nSPS) is 10.5. The molecule has 0 fully saturated rings. The number of halogens is 3. The summed E-state index contributed by atoms with van der Waals surface area (Å²) in [7, 11) is 1.42. The molecule has 0 saturated heterocycles. The van der Waals surface area contributed by atoms with Crippen LogP contribution in [0, 0.1) is 5.82 Å². The molecule has 0 aliphatic heterocycles. The van der Waals surface area contributed by atoms with Gasteiger partial charge in [0.1, 0.15) is 5.82 Å². The first-order valence-electron chi connectivity index (χ1n) is 4.28. The van der Waals surface area contributed by atoms with Crippen LogP contribution >= 0.6 is 0 Å². The third kappa shape index (κ3) is 2.97. The van der Waals surface area contributed by atoms with Gasteiger partial charge in [-0.3, -0.25) is 4.79 Å². The highest BCUT2D eigenvalue weighted by Gasteiger charge is 2.12. The molecule has 0 unspecified atom stereocenters. The number of carbonyl (C=O) groups excluding carboxylic acids is 1. The van der Waals surface area contributed by atoms with Crippen molar-refractivity contribution in [3.8, 4) is 0 Å². The molecule has 0 aromatic heterocycles. The number of carbonyl (C=O) groups is 1. The highest BCUT2D eigenvalue weighted by molar-refractivity contribution is 5.84. The summed E-state index contributed by atoms with van der Waals surface area (Å²) in [6.07, 6.45) is -2.06. The molecular weight excluding hydrogens is 207 g/mol. The fraction of sp³-hybridized carbons (Fsp3) is 0.300. The standard InChI is InChI=1S/C10H10F3NO/c1-14(5-10(12)13)9-3-2-8(11)4-7(9)6-15/h2-4,6,10H,5H2,1H3. The van der Waals surface area contributed by atoms with Crippen LogP contribution in [0.5, 0.6) is 0 Å². The Labute approximate surface area is 85.3 Å². The molecule has 82 valence electrons. The Bertz CT molecular complexity index is 355. The SMILES string of the molecule is CN(CC(F)F)c1ccc(F)cc1C=O. The highest BCUT2D eigenvalue weighted by atomic mass is 19.3. The van der Waals surface area contributed by atoms with Gasteiger partial charge in [-0.1, -0.05) is 0 Å². The third-order valence-corrected chi connectivity index (χ3v) is 1.94. The predicted molar refractivity (Wildman–Crippen MR) is 51.1 cm³/mol. The molecule has 0 aliphatic carbocycles. The molecule has 1 rings (SSSR count). The molecule has 2 nitrogen and oxygen atoms in total. The Kier molecular flexibility index (Phi) is 3.71. The van der Waals surface area contributed by atoms with Crippen molar-refractivity contribution in [1.82, 2.24) is 0 Å². The van der Waals surface area contributed by atoms with Crippen LogP contribution in [-0.2, 0) is 0 Å². The number of aldehydes is 1. The van der Waals surface area contributed by atoms with Gasteiger partial charge in [-0.15, -0.1) is 0 Å². The summed E-state index contributed by atoms with van der Waals surface area (Å²) in [5.74, 6) is -0.564. The van der Waals surface area contributed by atoms with Crippen LogP contribution < -0.4 is 4.90 Å². The lowest BCUT2D eigenvalue weighted by Crippen LogP contribution is -2.25. The average Bonchev–Trinajstić information content (AvgIpc) is 2.16. The van der Waals surface area contributed by atoms with Crippen LogP contribution in [0.25, 0.3) is 0 Å². The molecule has 0 spiro atoms. The first-order chi connectivity index (χ1) is 7.04. The summed E-state index contributed by atoms with van der Waals surface area (Å²) in [5.41, 5.74) is 0.366. The van der Waals surface area contributed by atoms with Crippen LogP contribution in [0.15, 0.2) is 18.2 Å². The Hall–Kier alpha value is -1.52. The monoisotopic (exact) mass is 217 g/mol. The van der Waals surface area contributed by atoms with E-state index >= 15 is 0 Å². The van der Waals surface area contributed by atoms with E-state index in [2.05, 4.69) is 0 Å². The lowest BCUT2D eigenvalue weighted by Gasteiger charge is -2.20. The molecule has 0 aliphatic rings. The number of rotatable bonds is 4. The molecule has 0 radical (unpaired) electrons. The van der Waals surface area contributed by atoms with Crippen LogP contribution in [-0.4, -0.2) is 26.3 Å². The van der Waals surface area contributed by atoms with E-state index in [9.17, 15) is 18.0 Å². The van der Waals surface area contributed by atoms with Crippen molar-refractivity contribution >= 4 is 12.0 Å². The highest BCUT2D eigenvalue weighted by Crippen LogP contribution is 2.19. The minimum absolute atomic E-state index is 0.0677. The average molecular weight is 217 g/mol. The molecule has 15 heavy (non-hydrogen) atoms. The maximum atomic E-state index is 12.7. The minimum Gasteiger partial charge on any atom is -0.368 e. The fourth-order valence-corrected chi connectivity index (χ4v) is 1.27. The largest absolute Gasteiger partial charge is 0.368 e. The van der Waals surface area contributed by atoms with E-state index in [1.165, 1.54) is 18.0 Å². The number of hydrogen-bond donors (Lipinski definition) is 0. The zero-order valence-electron chi connectivity index (χ0n) is 8.08. The van der Waals surface area contributed by atoms with Crippen molar-refractivity contribution in [2.75, 3.05) is 18.5 Å². The van der Waals surface area contributed by atoms with E-state index < -0.39 is 18.8 Å². The maximum absolute atomic E-state index is 12.7. The van der Waals surface area contributed by atoms with Crippen molar-refractivity contribution in [3.05, 3.63) is 29.6 Å². The summed E-state index contributed by atoms with van der Waals surface area (Å²) in [5, 5.41) is 0. The van der Waals surface area contributed by atoms with E-state index in [1.54, 1.807) is 0 Å². The molecule has 0 bridgehead atoms. The van der Waals surface area contributed by atoms with Gasteiger partial charge in [0.05, 0.1) is 6.54 Å². The lowest BCUT2D eigenvalue weighted by atomic mass is 10.2. The number of nitrogens with zero attached hydrogens (tertiary/aromatic N) is 1. The van der Waals surface area contributed by atoms with Crippen molar-refractivity contribution in [1.29, 1.82) is 0 Å². The van der Waals surface area contributed by atoms with Gasteiger partial charge in [0.15, 0.2) is 6.29 Å². The number of hydrogen-bond acceptors (Lipinski definition) is 2. The molecule has 0 saturated carbocycles. The van der Waals surface area contributed by atoms with E-state index in [-0.39, 0.29) is 5.56 Å². The second kappa shape index (κ2) is 4.82. The van der Waals surface area contributed by atoms with Crippen LogP contribution in [0.2, 0.25) is 0 Å². The van der Waals surface area contributed by atoms with Crippen LogP contribution in [0.3, 0.4) is 0 Å². The Balaban J connectivity index is 2.97. The van der Waals surface area contributed by atoms with Gasteiger partial charge in [-0.05, 0) is 18.2 Å². The van der Waals surface area contributed by atoms with E-state index in [1.807, 2.05) is 0 Å². The van der Waals surface area contributed by atoms with Gasteiger partial charge in [0.25, 0.3) is 6.43 Å². The third-order valence-electron chi connectivity index (χ3n) is 1.94. The maximum Gasteiger partial charge on any atom is 0.255 e. The Morgan fingerprint density at radius 3 is 2.67 bits per heavy atom. The summed E-state index contributed by atoms with van der Waals surface area (Å²) in [4.78, 5) is 11.8. The second-order valence-electron chi connectivity index (χ2n) is 3.09. The predicted octanol–water partition coefficient (Wildman–Crippen LogP) is 2.34. The molecule has 0 N–H and O–H groups in total. The van der Waals surface area contributed by atoms with Crippen molar-refractivity contribution < 1.29 is 18.0 Å². The van der Waals surface area contributed by atoms with E-state index in [4.69, 9.17) is 0 Å². The summed E-state index contributed by atoms with van der Waals surface area (Å²) in [6, 6.07) is 3.45. The van der Waals surface area contributed by atoms with Crippen LogP contribution in [0.4, 0.5) is 18.9 Å². The number of alkyl halides is 2. The van der Waals surface area contributed by atoms with Crippen molar-refractivity contribution in [2.24, 2.45) is 0 Å².